The second kappa shape index (κ2) is 7.88. The smallest absolute Gasteiger partial charge is 0.192 e. The van der Waals surface area contributed by atoms with Gasteiger partial charge in [-0.05, 0) is 67.8 Å². The van der Waals surface area contributed by atoms with E-state index in [0.29, 0.717) is 18.1 Å². The molecule has 4 rings (SSSR count). The Hall–Kier alpha value is -1.50. The van der Waals surface area contributed by atoms with Crippen molar-refractivity contribution in [1.29, 1.82) is 0 Å². The second-order valence-electron chi connectivity index (χ2n) is 10.6. The van der Waals surface area contributed by atoms with Crippen LogP contribution in [-0.2, 0) is 4.43 Å². The number of aliphatic hydroxyl groups is 1. The molecular weight excluding hydrogens is 395 g/mol. The van der Waals surface area contributed by atoms with Crippen molar-refractivity contribution in [2.45, 2.75) is 89.3 Å². The first-order valence-corrected chi connectivity index (χ1v) is 14.2. The maximum Gasteiger partial charge on any atom is 0.192 e. The minimum Gasteiger partial charge on any atom is -0.414 e. The zero-order valence-electron chi connectivity index (χ0n) is 18.9. The maximum absolute atomic E-state index is 14.5. The van der Waals surface area contributed by atoms with Crippen LogP contribution in [0.15, 0.2) is 30.7 Å². The highest BCUT2D eigenvalue weighted by Crippen LogP contribution is 2.45. The van der Waals surface area contributed by atoms with Crippen LogP contribution in [0.4, 0.5) is 4.39 Å². The summed E-state index contributed by atoms with van der Waals surface area (Å²) in [5, 5.41) is 11.3. The molecule has 1 aliphatic carbocycles. The fourth-order valence-corrected chi connectivity index (χ4v) is 6.25. The van der Waals surface area contributed by atoms with E-state index in [4.69, 9.17) is 4.43 Å². The van der Waals surface area contributed by atoms with Gasteiger partial charge in [-0.15, -0.1) is 0 Å². The quantitative estimate of drug-likeness (QED) is 0.599. The molecule has 0 saturated heterocycles. The minimum absolute atomic E-state index is 0.0515. The van der Waals surface area contributed by atoms with Crippen LogP contribution in [0.1, 0.15) is 64.5 Å². The van der Waals surface area contributed by atoms with Crippen LogP contribution in [0.2, 0.25) is 18.1 Å². The molecule has 0 bridgehead atoms. The third kappa shape index (κ3) is 3.90. The summed E-state index contributed by atoms with van der Waals surface area (Å²) < 4.78 is 23.1. The summed E-state index contributed by atoms with van der Waals surface area (Å²) >= 11 is 0. The topological polar surface area (TPSA) is 47.3 Å². The molecule has 0 spiro atoms. The number of fused-ring (bicyclic) bond motifs is 3. The van der Waals surface area contributed by atoms with E-state index < -0.39 is 14.4 Å². The lowest BCUT2D eigenvalue weighted by Crippen LogP contribution is -2.45. The Bertz CT molecular complexity index is 897. The van der Waals surface area contributed by atoms with Crippen LogP contribution in [0, 0.1) is 11.7 Å². The van der Waals surface area contributed by atoms with E-state index in [1.54, 1.807) is 18.6 Å². The number of aromatic nitrogens is 2. The standard InChI is InChI=1S/C24H35FN2O2Si/c1-24(2,3)30(4,5)29-17-11-9-16(10-12-17)22(28)13-20-18-7-6-8-19(25)23(18)21-14-26-15-27(20)21/h6-8,14-17,20,22,28H,9-13H2,1-5H3. The summed E-state index contributed by atoms with van der Waals surface area (Å²) in [4.78, 5) is 4.22. The van der Waals surface area contributed by atoms with Crippen LogP contribution >= 0.6 is 0 Å². The van der Waals surface area contributed by atoms with Crippen molar-refractivity contribution in [1.82, 2.24) is 9.55 Å². The number of halogens is 1. The Morgan fingerprint density at radius 2 is 1.93 bits per heavy atom. The molecule has 1 aromatic heterocycles. The largest absolute Gasteiger partial charge is 0.414 e. The van der Waals surface area contributed by atoms with Crippen LogP contribution in [0.3, 0.4) is 0 Å². The van der Waals surface area contributed by atoms with E-state index in [-0.39, 0.29) is 22.8 Å². The fraction of sp³-hybridized carbons (Fsp3) is 0.625. The van der Waals surface area contributed by atoms with Crippen molar-refractivity contribution in [2.75, 3.05) is 0 Å². The van der Waals surface area contributed by atoms with Crippen molar-refractivity contribution in [3.05, 3.63) is 42.1 Å². The predicted molar refractivity (Wildman–Crippen MR) is 120 cm³/mol. The Kier molecular flexibility index (Phi) is 5.70. The third-order valence-corrected chi connectivity index (χ3v) is 12.2. The van der Waals surface area contributed by atoms with Gasteiger partial charge in [-0.25, -0.2) is 9.37 Å². The Morgan fingerprint density at radius 1 is 1.23 bits per heavy atom. The highest BCUT2D eigenvalue weighted by molar-refractivity contribution is 6.74. The molecule has 164 valence electrons. The summed E-state index contributed by atoms with van der Waals surface area (Å²) in [6.07, 6.45) is 7.98. The number of aliphatic hydroxyl groups excluding tert-OH is 1. The van der Waals surface area contributed by atoms with Gasteiger partial charge in [-0.3, -0.25) is 0 Å². The molecule has 1 aromatic carbocycles. The van der Waals surface area contributed by atoms with Crippen molar-refractivity contribution in [3.8, 4) is 11.3 Å². The average Bonchev–Trinajstić information content (AvgIpc) is 3.24. The summed E-state index contributed by atoms with van der Waals surface area (Å²) in [6, 6.07) is 5.19. The minimum atomic E-state index is -1.76. The molecule has 2 aromatic rings. The van der Waals surface area contributed by atoms with Crippen LogP contribution in [0.25, 0.3) is 11.3 Å². The molecule has 0 radical (unpaired) electrons. The monoisotopic (exact) mass is 430 g/mol. The lowest BCUT2D eigenvalue weighted by atomic mass is 9.81. The highest BCUT2D eigenvalue weighted by Gasteiger charge is 2.41. The molecular formula is C24H35FN2O2Si. The first-order chi connectivity index (χ1) is 14.1. The van der Waals surface area contributed by atoms with E-state index in [1.807, 2.05) is 10.6 Å². The molecule has 2 atom stereocenters. The first-order valence-electron chi connectivity index (χ1n) is 11.2. The molecule has 6 heteroatoms. The van der Waals surface area contributed by atoms with Gasteiger partial charge < -0.3 is 14.1 Å². The molecule has 2 heterocycles. The van der Waals surface area contributed by atoms with Crippen LogP contribution in [-0.4, -0.2) is 35.2 Å². The molecule has 30 heavy (non-hydrogen) atoms. The van der Waals surface area contributed by atoms with Crippen molar-refractivity contribution in [2.24, 2.45) is 5.92 Å². The predicted octanol–water partition coefficient (Wildman–Crippen LogP) is 5.92. The van der Waals surface area contributed by atoms with Crippen LogP contribution in [0.5, 0.6) is 0 Å². The van der Waals surface area contributed by atoms with Crippen molar-refractivity contribution >= 4 is 8.32 Å². The SMILES string of the molecule is CC(C)(C)[Si](C)(C)OC1CCC(C(O)CC2c3cccc(F)c3-c3cncn32)CC1. The number of imidazole rings is 1. The zero-order valence-corrected chi connectivity index (χ0v) is 19.9. The van der Waals surface area contributed by atoms with Gasteiger partial charge in [0.25, 0.3) is 0 Å². The first kappa shape index (κ1) is 21.7. The van der Waals surface area contributed by atoms with E-state index >= 15 is 0 Å². The van der Waals surface area contributed by atoms with Gasteiger partial charge in [0.05, 0.1) is 30.4 Å². The van der Waals surface area contributed by atoms with E-state index in [1.165, 1.54) is 6.07 Å². The van der Waals surface area contributed by atoms with Gasteiger partial charge in [-0.2, -0.15) is 0 Å². The van der Waals surface area contributed by atoms with Gasteiger partial charge in [0, 0.05) is 11.7 Å². The normalized spacial score (nSPS) is 25.1. The Morgan fingerprint density at radius 3 is 2.60 bits per heavy atom. The molecule has 2 unspecified atom stereocenters. The molecule has 4 nitrogen and oxygen atoms in total. The summed E-state index contributed by atoms with van der Waals surface area (Å²) in [7, 11) is -1.76. The number of hydrogen-bond acceptors (Lipinski definition) is 3. The van der Waals surface area contributed by atoms with Gasteiger partial charge in [0.1, 0.15) is 5.82 Å². The molecule has 2 aliphatic rings. The highest BCUT2D eigenvalue weighted by atomic mass is 28.4. The van der Waals surface area contributed by atoms with Crippen molar-refractivity contribution < 1.29 is 13.9 Å². The molecule has 1 saturated carbocycles. The summed E-state index contributed by atoms with van der Waals surface area (Å²) in [5.74, 6) is 0.0587. The number of hydrogen-bond donors (Lipinski definition) is 1. The molecule has 1 fully saturated rings. The number of rotatable bonds is 5. The van der Waals surface area contributed by atoms with Crippen LogP contribution < -0.4 is 0 Å². The average molecular weight is 431 g/mol. The number of benzene rings is 1. The van der Waals surface area contributed by atoms with Gasteiger partial charge in [0.2, 0.25) is 0 Å². The lowest BCUT2D eigenvalue weighted by molar-refractivity contribution is 0.0364. The van der Waals surface area contributed by atoms with Gasteiger partial charge in [-0.1, -0.05) is 32.9 Å². The lowest BCUT2D eigenvalue weighted by Gasteiger charge is -2.42. The maximum atomic E-state index is 14.5. The zero-order chi connectivity index (χ0) is 21.7. The molecule has 1 N–H and O–H groups in total. The second-order valence-corrected chi connectivity index (χ2v) is 15.4. The van der Waals surface area contributed by atoms with Crippen molar-refractivity contribution in [3.63, 3.8) is 0 Å². The molecule has 1 aliphatic heterocycles. The van der Waals surface area contributed by atoms with E-state index in [0.717, 1.165) is 36.9 Å². The molecule has 0 amide bonds. The summed E-state index contributed by atoms with van der Waals surface area (Å²) in [5.41, 5.74) is 2.41. The van der Waals surface area contributed by atoms with Gasteiger partial charge >= 0.3 is 0 Å². The number of nitrogens with zero attached hydrogens (tertiary/aromatic N) is 2. The fourth-order valence-electron chi connectivity index (χ4n) is 4.83. The third-order valence-electron chi connectivity index (χ3n) is 7.66. The summed E-state index contributed by atoms with van der Waals surface area (Å²) in [6.45, 7) is 11.5. The van der Waals surface area contributed by atoms with Gasteiger partial charge in [0.15, 0.2) is 8.32 Å². The Labute approximate surface area is 180 Å². The Balaban J connectivity index is 1.40. The van der Waals surface area contributed by atoms with E-state index in [2.05, 4.69) is 38.8 Å². The van der Waals surface area contributed by atoms with E-state index in [9.17, 15) is 9.50 Å².